The molecule has 0 heterocycles. The summed E-state index contributed by atoms with van der Waals surface area (Å²) in [6.45, 7) is 0. The highest BCUT2D eigenvalue weighted by Gasteiger charge is 2.18. The van der Waals surface area contributed by atoms with Gasteiger partial charge < -0.3 is 15.8 Å². The van der Waals surface area contributed by atoms with E-state index in [1.54, 1.807) is 48.5 Å². The predicted octanol–water partition coefficient (Wildman–Crippen LogP) is 4.47. The van der Waals surface area contributed by atoms with Gasteiger partial charge in [0.2, 0.25) is 10.0 Å². The van der Waals surface area contributed by atoms with Gasteiger partial charge in [0.05, 0.1) is 16.1 Å². The molecule has 4 aromatic rings. The molecule has 0 saturated carbocycles. The highest BCUT2D eigenvalue weighted by Crippen LogP contribution is 2.31. The summed E-state index contributed by atoms with van der Waals surface area (Å²) in [5.41, 5.74) is 6.54. The molecule has 0 unspecified atom stereocenters. The van der Waals surface area contributed by atoms with Crippen molar-refractivity contribution < 1.29 is 22.3 Å². The van der Waals surface area contributed by atoms with Gasteiger partial charge in [-0.2, -0.15) is 0 Å². The largest absolute Gasteiger partial charge is 0.457 e. The first-order valence-corrected chi connectivity index (χ1v) is 12.1. The van der Waals surface area contributed by atoms with Crippen LogP contribution in [0.3, 0.4) is 0 Å². The predicted molar refractivity (Wildman–Crippen MR) is 135 cm³/mol. The van der Waals surface area contributed by atoms with E-state index < -0.39 is 21.7 Å². The zero-order valence-electron chi connectivity index (χ0n) is 18.7. The molecule has 0 aromatic heterocycles. The van der Waals surface area contributed by atoms with Crippen molar-refractivity contribution in [2.45, 2.75) is 4.90 Å². The van der Waals surface area contributed by atoms with E-state index in [1.165, 1.54) is 36.4 Å². The van der Waals surface area contributed by atoms with E-state index in [0.717, 1.165) is 6.07 Å². The minimum atomic E-state index is -4.02. The maximum absolute atomic E-state index is 14.9. The van der Waals surface area contributed by atoms with Crippen molar-refractivity contribution in [3.63, 3.8) is 0 Å². The molecule has 4 aromatic carbocycles. The first-order chi connectivity index (χ1) is 17.1. The van der Waals surface area contributed by atoms with Crippen molar-refractivity contribution in [2.75, 3.05) is 5.32 Å². The Morgan fingerprint density at radius 1 is 0.917 bits per heavy atom. The summed E-state index contributed by atoms with van der Waals surface area (Å²) in [5, 5.41) is 15.4. The second-order valence-corrected chi connectivity index (χ2v) is 9.26. The summed E-state index contributed by atoms with van der Waals surface area (Å²) in [7, 11) is -4.02. The molecule has 0 atom stereocenters. The van der Waals surface area contributed by atoms with E-state index in [-0.39, 0.29) is 38.9 Å². The summed E-state index contributed by atoms with van der Waals surface area (Å²) >= 11 is 0. The van der Waals surface area contributed by atoms with Crippen LogP contribution in [0.4, 0.5) is 10.1 Å². The Morgan fingerprint density at radius 2 is 1.64 bits per heavy atom. The van der Waals surface area contributed by atoms with Crippen LogP contribution in [0, 0.1) is 11.2 Å². The second-order valence-electron chi connectivity index (χ2n) is 7.73. The highest BCUT2D eigenvalue weighted by molar-refractivity contribution is 7.89. The minimum Gasteiger partial charge on any atom is -0.457 e. The molecule has 0 fully saturated rings. The van der Waals surface area contributed by atoms with Crippen LogP contribution in [0.2, 0.25) is 0 Å². The normalized spacial score (nSPS) is 11.1. The van der Waals surface area contributed by atoms with Crippen LogP contribution in [0.5, 0.6) is 11.5 Å². The topological polar surface area (TPSA) is 148 Å². The number of hydrogen-bond acceptors (Lipinski definition) is 5. The van der Waals surface area contributed by atoms with Gasteiger partial charge in [0.15, 0.2) is 0 Å². The molecule has 0 bridgehead atoms. The van der Waals surface area contributed by atoms with Crippen molar-refractivity contribution in [1.82, 2.24) is 0 Å². The van der Waals surface area contributed by atoms with Crippen LogP contribution in [0.25, 0.3) is 11.1 Å². The number of carbonyl (C=O) groups is 1. The number of halogens is 1. The van der Waals surface area contributed by atoms with Crippen molar-refractivity contribution in [3.05, 3.63) is 108 Å². The molecule has 0 saturated heterocycles. The molecule has 6 N–H and O–H groups in total. The van der Waals surface area contributed by atoms with Gasteiger partial charge in [-0.05, 0) is 48.0 Å². The lowest BCUT2D eigenvalue weighted by Gasteiger charge is -2.13. The van der Waals surface area contributed by atoms with Gasteiger partial charge in [0, 0.05) is 11.1 Å². The number of amides is 1. The van der Waals surface area contributed by atoms with Gasteiger partial charge in [-0.3, -0.25) is 10.2 Å². The van der Waals surface area contributed by atoms with Gasteiger partial charge in [0.25, 0.3) is 5.91 Å². The van der Waals surface area contributed by atoms with Gasteiger partial charge in [-0.25, -0.2) is 17.9 Å². The Hall–Kier alpha value is -4.54. The Bertz CT molecular complexity index is 1590. The number of primary sulfonamides is 1. The molecule has 0 radical (unpaired) electrons. The van der Waals surface area contributed by atoms with E-state index in [1.807, 2.05) is 0 Å². The summed E-state index contributed by atoms with van der Waals surface area (Å²) in [6, 6.07) is 22.9. The monoisotopic (exact) mass is 504 g/mol. The van der Waals surface area contributed by atoms with Crippen LogP contribution in [-0.2, 0) is 10.0 Å². The molecule has 1 amide bonds. The van der Waals surface area contributed by atoms with Crippen LogP contribution in [0.15, 0.2) is 95.9 Å². The third-order valence-corrected chi connectivity index (χ3v) is 6.20. The molecule has 182 valence electrons. The standard InChI is InChI=1S/C26H21FN4O4S/c27-21-15-16(19-8-2-4-11-24(19)36(30,33)34)12-13-22(21)31-26(32)20-9-1-3-10-23(20)35-18-7-5-6-17(14-18)25(28)29/h1-15H,(H3,28,29)(H,31,32)(H2,30,33,34). The molecule has 36 heavy (non-hydrogen) atoms. The zero-order valence-corrected chi connectivity index (χ0v) is 19.6. The van der Waals surface area contributed by atoms with Crippen molar-refractivity contribution in [2.24, 2.45) is 10.9 Å². The van der Waals surface area contributed by atoms with Crippen LogP contribution >= 0.6 is 0 Å². The third-order valence-electron chi connectivity index (χ3n) is 5.23. The van der Waals surface area contributed by atoms with E-state index in [0.29, 0.717) is 11.3 Å². The SMILES string of the molecule is N=C(N)c1cccc(Oc2ccccc2C(=O)Nc2ccc(-c3ccccc3S(N)(=O)=O)cc2F)c1. The number of hydrogen-bond donors (Lipinski definition) is 4. The third kappa shape index (κ3) is 5.40. The van der Waals surface area contributed by atoms with Crippen LogP contribution in [-0.4, -0.2) is 20.2 Å². The fraction of sp³-hybridized carbons (Fsp3) is 0. The summed E-state index contributed by atoms with van der Waals surface area (Å²) in [6.07, 6.45) is 0. The van der Waals surface area contributed by atoms with Crippen molar-refractivity contribution >= 4 is 27.5 Å². The quantitative estimate of drug-likeness (QED) is 0.216. The van der Waals surface area contributed by atoms with Gasteiger partial charge in [-0.15, -0.1) is 0 Å². The Morgan fingerprint density at radius 3 is 2.36 bits per heavy atom. The van der Waals surface area contributed by atoms with Gasteiger partial charge >= 0.3 is 0 Å². The van der Waals surface area contributed by atoms with Crippen LogP contribution < -0.4 is 20.9 Å². The second kappa shape index (κ2) is 9.98. The fourth-order valence-electron chi connectivity index (χ4n) is 3.52. The summed E-state index contributed by atoms with van der Waals surface area (Å²) < 4.78 is 44.6. The average molecular weight is 505 g/mol. The lowest BCUT2D eigenvalue weighted by molar-refractivity contribution is 0.102. The molecular weight excluding hydrogens is 483 g/mol. The molecule has 8 nitrogen and oxygen atoms in total. The number of nitrogen functional groups attached to an aromatic ring is 1. The number of rotatable bonds is 7. The molecule has 4 rings (SSSR count). The number of anilines is 1. The number of amidine groups is 1. The number of sulfonamides is 1. The average Bonchev–Trinajstić information content (AvgIpc) is 2.85. The van der Waals surface area contributed by atoms with E-state index in [9.17, 15) is 17.6 Å². The van der Waals surface area contributed by atoms with Crippen molar-refractivity contribution in [3.8, 4) is 22.6 Å². The smallest absolute Gasteiger partial charge is 0.259 e. The number of para-hydroxylation sites is 1. The number of benzene rings is 4. The van der Waals surface area contributed by atoms with Crippen molar-refractivity contribution in [1.29, 1.82) is 5.41 Å². The number of nitrogens with two attached hydrogens (primary N) is 2. The lowest BCUT2D eigenvalue weighted by atomic mass is 10.0. The maximum Gasteiger partial charge on any atom is 0.259 e. The van der Waals surface area contributed by atoms with E-state index in [2.05, 4.69) is 5.32 Å². The fourth-order valence-corrected chi connectivity index (χ4v) is 4.28. The first kappa shape index (κ1) is 24.6. The maximum atomic E-state index is 14.9. The van der Waals surface area contributed by atoms with Gasteiger partial charge in [0.1, 0.15) is 23.2 Å². The Labute approximate surface area is 206 Å². The summed E-state index contributed by atoms with van der Waals surface area (Å²) in [4.78, 5) is 12.8. The van der Waals surface area contributed by atoms with Crippen LogP contribution in [0.1, 0.15) is 15.9 Å². The molecule has 0 aliphatic rings. The Balaban J connectivity index is 1.59. The zero-order chi connectivity index (χ0) is 25.9. The molecule has 0 spiro atoms. The lowest BCUT2D eigenvalue weighted by Crippen LogP contribution is -2.14. The minimum absolute atomic E-state index is 0.106. The highest BCUT2D eigenvalue weighted by atomic mass is 32.2. The van der Waals surface area contributed by atoms with E-state index >= 15 is 0 Å². The number of ether oxygens (including phenoxy) is 1. The first-order valence-electron chi connectivity index (χ1n) is 10.6. The molecule has 0 aliphatic heterocycles. The molecular formula is C26H21FN4O4S. The number of nitrogens with one attached hydrogen (secondary N) is 2. The summed E-state index contributed by atoms with van der Waals surface area (Å²) in [5.74, 6) is -0.929. The number of carbonyl (C=O) groups excluding carboxylic acids is 1. The molecule has 10 heteroatoms. The van der Waals surface area contributed by atoms with E-state index in [4.69, 9.17) is 21.0 Å². The Kier molecular flexibility index (Phi) is 6.82. The molecule has 0 aliphatic carbocycles. The van der Waals surface area contributed by atoms with Gasteiger partial charge in [-0.1, -0.05) is 48.5 Å².